The maximum atomic E-state index is 14.2. The first-order valence-corrected chi connectivity index (χ1v) is 9.34. The summed E-state index contributed by atoms with van der Waals surface area (Å²) in [5, 5.41) is 2.09. The molecule has 1 aliphatic rings. The van der Waals surface area contributed by atoms with Crippen LogP contribution in [-0.4, -0.2) is 22.4 Å². The van der Waals surface area contributed by atoms with E-state index < -0.39 is 23.7 Å². The lowest BCUT2D eigenvalue weighted by Crippen LogP contribution is -2.54. The van der Waals surface area contributed by atoms with Crippen molar-refractivity contribution in [3.05, 3.63) is 88.4 Å². The molecule has 1 saturated heterocycles. The number of benzene rings is 2. The predicted molar refractivity (Wildman–Crippen MR) is 109 cm³/mol. The van der Waals surface area contributed by atoms with E-state index in [1.54, 1.807) is 22.9 Å². The summed E-state index contributed by atoms with van der Waals surface area (Å²) < 4.78 is 16.8. The van der Waals surface area contributed by atoms with Crippen LogP contribution in [0.3, 0.4) is 0 Å². The molecule has 8 heteroatoms. The maximum absolute atomic E-state index is 14.2. The van der Waals surface area contributed by atoms with Crippen LogP contribution in [0.4, 0.5) is 14.9 Å². The van der Waals surface area contributed by atoms with Crippen molar-refractivity contribution < 1.29 is 18.8 Å². The Bertz CT molecular complexity index is 1170. The molecule has 1 N–H and O–H groups in total. The van der Waals surface area contributed by atoms with Gasteiger partial charge in [-0.25, -0.2) is 14.1 Å². The van der Waals surface area contributed by atoms with Crippen LogP contribution >= 0.6 is 15.9 Å². The molecule has 1 aromatic heterocycles. The number of hydrogen-bond donors (Lipinski definition) is 1. The highest BCUT2D eigenvalue weighted by Gasteiger charge is 2.38. The average Bonchev–Trinajstić information content (AvgIpc) is 3.15. The molecule has 0 radical (unpaired) electrons. The second-order valence-corrected chi connectivity index (χ2v) is 7.10. The topological polar surface area (TPSA) is 71.4 Å². The van der Waals surface area contributed by atoms with Gasteiger partial charge in [0.1, 0.15) is 11.4 Å². The van der Waals surface area contributed by atoms with Crippen molar-refractivity contribution in [3.8, 4) is 5.69 Å². The number of urea groups is 1. The highest BCUT2D eigenvalue weighted by atomic mass is 79.9. The van der Waals surface area contributed by atoms with Crippen molar-refractivity contribution in [1.29, 1.82) is 0 Å². The smallest absolute Gasteiger partial charge is 0.317 e. The molecular formula is C21H13BrFN3O3. The van der Waals surface area contributed by atoms with Gasteiger partial charge >= 0.3 is 6.03 Å². The quantitative estimate of drug-likeness (QED) is 0.480. The summed E-state index contributed by atoms with van der Waals surface area (Å²) >= 11 is 3.38. The lowest BCUT2D eigenvalue weighted by molar-refractivity contribution is -0.122. The second kappa shape index (κ2) is 7.48. The summed E-state index contributed by atoms with van der Waals surface area (Å²) in [5.74, 6) is -2.48. The van der Waals surface area contributed by atoms with Gasteiger partial charge in [-0.05, 0) is 54.6 Å². The number of para-hydroxylation sites is 1. The van der Waals surface area contributed by atoms with Gasteiger partial charge in [0.25, 0.3) is 11.8 Å². The van der Waals surface area contributed by atoms with Crippen LogP contribution in [0, 0.1) is 5.82 Å². The Morgan fingerprint density at radius 2 is 1.66 bits per heavy atom. The minimum atomic E-state index is -0.995. The van der Waals surface area contributed by atoms with Crippen molar-refractivity contribution in [2.45, 2.75) is 0 Å². The van der Waals surface area contributed by atoms with Gasteiger partial charge in [-0.2, -0.15) is 0 Å². The van der Waals surface area contributed by atoms with Crippen LogP contribution in [0.15, 0.2) is 76.9 Å². The predicted octanol–water partition coefficient (Wildman–Crippen LogP) is 4.05. The van der Waals surface area contributed by atoms with Crippen molar-refractivity contribution >= 4 is 45.5 Å². The Morgan fingerprint density at radius 1 is 0.931 bits per heavy atom. The van der Waals surface area contributed by atoms with E-state index in [0.29, 0.717) is 10.6 Å². The van der Waals surface area contributed by atoms with Gasteiger partial charge in [0.2, 0.25) is 0 Å². The molecule has 4 rings (SSSR count). The molecule has 2 heterocycles. The van der Waals surface area contributed by atoms with Crippen LogP contribution in [0.25, 0.3) is 11.8 Å². The molecule has 0 spiro atoms. The molecule has 1 aliphatic heterocycles. The lowest BCUT2D eigenvalue weighted by Gasteiger charge is -2.26. The Labute approximate surface area is 173 Å². The number of aromatic nitrogens is 1. The summed E-state index contributed by atoms with van der Waals surface area (Å²) in [7, 11) is 0. The Balaban J connectivity index is 1.76. The minimum absolute atomic E-state index is 0.225. The van der Waals surface area contributed by atoms with Gasteiger partial charge < -0.3 is 4.57 Å². The summed E-state index contributed by atoms with van der Waals surface area (Å²) in [6, 6.07) is 15.3. The molecule has 144 valence electrons. The maximum Gasteiger partial charge on any atom is 0.336 e. The van der Waals surface area contributed by atoms with Gasteiger partial charge in [0, 0.05) is 22.1 Å². The van der Waals surface area contributed by atoms with Gasteiger partial charge in [0.15, 0.2) is 0 Å². The van der Waals surface area contributed by atoms with Crippen LogP contribution in [0.1, 0.15) is 5.69 Å². The first-order chi connectivity index (χ1) is 14.0. The Morgan fingerprint density at radius 3 is 2.38 bits per heavy atom. The summed E-state index contributed by atoms with van der Waals surface area (Å²) in [5.41, 5.74) is 0.867. The number of rotatable bonds is 3. The lowest BCUT2D eigenvalue weighted by atomic mass is 10.1. The van der Waals surface area contributed by atoms with Crippen LogP contribution < -0.4 is 10.2 Å². The first-order valence-electron chi connectivity index (χ1n) is 8.55. The number of carbonyl (C=O) groups excluding carboxylic acids is 3. The van der Waals surface area contributed by atoms with Crippen LogP contribution in [0.5, 0.6) is 0 Å². The van der Waals surface area contributed by atoms with Crippen LogP contribution in [-0.2, 0) is 9.59 Å². The monoisotopic (exact) mass is 453 g/mol. The summed E-state index contributed by atoms with van der Waals surface area (Å²) in [6.45, 7) is 0. The molecule has 29 heavy (non-hydrogen) atoms. The zero-order chi connectivity index (χ0) is 20.5. The number of nitrogens with one attached hydrogen (secondary N) is 1. The third kappa shape index (κ3) is 3.50. The molecule has 0 unspecified atom stereocenters. The van der Waals surface area contributed by atoms with Gasteiger partial charge in [-0.1, -0.05) is 28.1 Å². The van der Waals surface area contributed by atoms with E-state index in [2.05, 4.69) is 21.2 Å². The standard InChI is InChI=1S/C21H13BrFN3O3/c22-13-7-9-14(10-8-13)25-11-3-4-15(25)12-16-19(27)24-21(29)26(20(16)28)18-6-2-1-5-17(18)23/h1-12H,(H,24,27,29)/b16-12+. The van der Waals surface area contributed by atoms with E-state index in [-0.39, 0.29) is 11.3 Å². The number of carbonyl (C=O) groups is 3. The molecule has 3 aromatic rings. The molecule has 4 amide bonds. The molecule has 0 aliphatic carbocycles. The zero-order valence-corrected chi connectivity index (χ0v) is 16.4. The molecule has 0 bridgehead atoms. The summed E-state index contributed by atoms with van der Waals surface area (Å²) in [6.07, 6.45) is 3.15. The van der Waals surface area contributed by atoms with E-state index in [0.717, 1.165) is 16.2 Å². The van der Waals surface area contributed by atoms with E-state index in [1.165, 1.54) is 24.3 Å². The minimum Gasteiger partial charge on any atom is -0.317 e. The van der Waals surface area contributed by atoms with Gasteiger partial charge in [-0.15, -0.1) is 0 Å². The number of amides is 4. The average molecular weight is 454 g/mol. The van der Waals surface area contributed by atoms with Crippen molar-refractivity contribution in [2.24, 2.45) is 0 Å². The Hall–Kier alpha value is -3.52. The van der Waals surface area contributed by atoms with E-state index in [4.69, 9.17) is 0 Å². The summed E-state index contributed by atoms with van der Waals surface area (Å²) in [4.78, 5) is 38.1. The van der Waals surface area contributed by atoms with E-state index in [1.807, 2.05) is 24.3 Å². The molecular weight excluding hydrogens is 441 g/mol. The molecule has 0 saturated carbocycles. The largest absolute Gasteiger partial charge is 0.336 e. The number of anilines is 1. The fourth-order valence-corrected chi connectivity index (χ4v) is 3.27. The Kier molecular flexibility index (Phi) is 4.85. The van der Waals surface area contributed by atoms with Gasteiger partial charge in [-0.3, -0.25) is 14.9 Å². The van der Waals surface area contributed by atoms with Crippen molar-refractivity contribution in [1.82, 2.24) is 9.88 Å². The van der Waals surface area contributed by atoms with Gasteiger partial charge in [0.05, 0.1) is 5.69 Å². The number of nitrogens with zero attached hydrogens (tertiary/aromatic N) is 2. The SMILES string of the molecule is O=C1NC(=O)N(c2ccccc2F)C(=O)/C1=C/c1cccn1-c1ccc(Br)cc1. The molecule has 2 aromatic carbocycles. The van der Waals surface area contributed by atoms with Crippen LogP contribution in [0.2, 0.25) is 0 Å². The number of barbiturate groups is 1. The zero-order valence-electron chi connectivity index (χ0n) is 14.8. The number of imide groups is 2. The first kappa shape index (κ1) is 18.8. The van der Waals surface area contributed by atoms with Crippen molar-refractivity contribution in [2.75, 3.05) is 4.90 Å². The number of hydrogen-bond acceptors (Lipinski definition) is 3. The highest BCUT2D eigenvalue weighted by Crippen LogP contribution is 2.25. The highest BCUT2D eigenvalue weighted by molar-refractivity contribution is 9.10. The number of halogens is 2. The second-order valence-electron chi connectivity index (χ2n) is 6.19. The van der Waals surface area contributed by atoms with E-state index in [9.17, 15) is 18.8 Å². The van der Waals surface area contributed by atoms with E-state index >= 15 is 0 Å². The normalized spacial score (nSPS) is 15.7. The molecule has 6 nitrogen and oxygen atoms in total. The fourth-order valence-electron chi connectivity index (χ4n) is 3.01. The molecule has 0 atom stereocenters. The molecule has 1 fully saturated rings. The fraction of sp³-hybridized carbons (Fsp3) is 0. The van der Waals surface area contributed by atoms with Crippen molar-refractivity contribution in [3.63, 3.8) is 0 Å². The third-order valence-corrected chi connectivity index (χ3v) is 4.90. The third-order valence-electron chi connectivity index (χ3n) is 4.37.